The number of morpholine rings is 1. The average Bonchev–Trinajstić information content (AvgIpc) is 3.23. The summed E-state index contributed by atoms with van der Waals surface area (Å²) in [6, 6.07) is 15.5. The molecule has 0 bridgehead atoms. The Balaban J connectivity index is 1.62. The second-order valence-corrected chi connectivity index (χ2v) is 8.20. The van der Waals surface area contributed by atoms with Crippen LogP contribution < -0.4 is 0 Å². The molecule has 0 unspecified atom stereocenters. The van der Waals surface area contributed by atoms with Crippen molar-refractivity contribution < 1.29 is 14.1 Å². The molecule has 2 aromatic carbocycles. The molecule has 1 aliphatic rings. The Morgan fingerprint density at radius 1 is 1.00 bits per heavy atom. The van der Waals surface area contributed by atoms with Crippen LogP contribution in [0.2, 0.25) is 0 Å². The van der Waals surface area contributed by atoms with Crippen LogP contribution in [-0.2, 0) is 10.2 Å². The van der Waals surface area contributed by atoms with Crippen molar-refractivity contribution in [2.45, 2.75) is 26.2 Å². The van der Waals surface area contributed by atoms with E-state index in [1.54, 1.807) is 11.0 Å². The minimum atomic E-state index is -0.0434. The molecule has 6 heteroatoms. The molecule has 0 N–H and O–H groups in total. The van der Waals surface area contributed by atoms with Gasteiger partial charge in [-0.3, -0.25) is 4.79 Å². The van der Waals surface area contributed by atoms with Gasteiger partial charge in [0.2, 0.25) is 5.82 Å². The highest BCUT2D eigenvalue weighted by Gasteiger charge is 2.24. The lowest BCUT2D eigenvalue weighted by Crippen LogP contribution is -2.40. The molecule has 1 amide bonds. The number of carbonyl (C=O) groups is 1. The first-order chi connectivity index (χ1) is 13.9. The Kier molecular flexibility index (Phi) is 5.20. The van der Waals surface area contributed by atoms with Gasteiger partial charge in [0.25, 0.3) is 11.8 Å². The molecule has 0 atom stereocenters. The molecule has 1 fully saturated rings. The Morgan fingerprint density at radius 3 is 2.38 bits per heavy atom. The normalized spacial score (nSPS) is 14.8. The summed E-state index contributed by atoms with van der Waals surface area (Å²) in [5.41, 5.74) is 3.41. The van der Waals surface area contributed by atoms with Crippen molar-refractivity contribution in [1.29, 1.82) is 0 Å². The first kappa shape index (κ1) is 19.3. The second kappa shape index (κ2) is 7.79. The molecule has 4 rings (SSSR count). The average molecular weight is 391 g/mol. The molecule has 29 heavy (non-hydrogen) atoms. The largest absolute Gasteiger partial charge is 0.378 e. The van der Waals surface area contributed by atoms with Crippen LogP contribution in [0.4, 0.5) is 0 Å². The zero-order valence-electron chi connectivity index (χ0n) is 17.0. The molecular weight excluding hydrogens is 366 g/mol. The number of hydrogen-bond acceptors (Lipinski definition) is 5. The fraction of sp³-hybridized carbons (Fsp3) is 0.348. The van der Waals surface area contributed by atoms with E-state index in [1.165, 1.54) is 5.56 Å². The second-order valence-electron chi connectivity index (χ2n) is 8.20. The molecule has 6 nitrogen and oxygen atoms in total. The summed E-state index contributed by atoms with van der Waals surface area (Å²) in [6.07, 6.45) is 0. The van der Waals surface area contributed by atoms with Crippen LogP contribution in [0.1, 0.15) is 36.7 Å². The van der Waals surface area contributed by atoms with Crippen LogP contribution in [0.15, 0.2) is 53.1 Å². The highest BCUT2D eigenvalue weighted by Crippen LogP contribution is 2.28. The van der Waals surface area contributed by atoms with Gasteiger partial charge < -0.3 is 14.2 Å². The number of carbonyl (C=O) groups excluding carboxylic acids is 1. The lowest BCUT2D eigenvalue weighted by atomic mass is 9.87. The quantitative estimate of drug-likeness (QED) is 0.670. The Bertz CT molecular complexity index is 997. The van der Waals surface area contributed by atoms with Crippen LogP contribution in [0.3, 0.4) is 0 Å². The number of amides is 1. The fourth-order valence-electron chi connectivity index (χ4n) is 3.36. The summed E-state index contributed by atoms with van der Waals surface area (Å²) in [4.78, 5) is 19.3. The van der Waals surface area contributed by atoms with E-state index < -0.39 is 0 Å². The van der Waals surface area contributed by atoms with Crippen molar-refractivity contribution in [3.63, 3.8) is 0 Å². The summed E-state index contributed by atoms with van der Waals surface area (Å²) < 4.78 is 10.9. The van der Waals surface area contributed by atoms with E-state index in [-0.39, 0.29) is 11.3 Å². The molecule has 150 valence electrons. The minimum Gasteiger partial charge on any atom is -0.378 e. The van der Waals surface area contributed by atoms with Crippen LogP contribution in [0.5, 0.6) is 0 Å². The number of ether oxygens (including phenoxy) is 1. The first-order valence-electron chi connectivity index (χ1n) is 9.84. The van der Waals surface area contributed by atoms with Gasteiger partial charge in [-0.1, -0.05) is 62.3 Å². The summed E-state index contributed by atoms with van der Waals surface area (Å²) in [5, 5.41) is 4.14. The van der Waals surface area contributed by atoms with Crippen LogP contribution in [0, 0.1) is 0 Å². The van der Waals surface area contributed by atoms with Gasteiger partial charge in [0, 0.05) is 18.7 Å². The van der Waals surface area contributed by atoms with Gasteiger partial charge in [-0.15, -0.1) is 0 Å². The molecule has 0 spiro atoms. The third-order valence-corrected chi connectivity index (χ3v) is 5.12. The smallest absolute Gasteiger partial charge is 0.259 e. The van der Waals surface area contributed by atoms with E-state index in [4.69, 9.17) is 9.26 Å². The lowest BCUT2D eigenvalue weighted by Gasteiger charge is -2.27. The van der Waals surface area contributed by atoms with E-state index in [1.807, 2.05) is 30.3 Å². The Morgan fingerprint density at radius 2 is 1.69 bits per heavy atom. The molecule has 1 aliphatic heterocycles. The maximum absolute atomic E-state index is 13.0. The summed E-state index contributed by atoms with van der Waals surface area (Å²) in [5.74, 6) is 0.810. The molecule has 1 saturated heterocycles. The SMILES string of the molecule is CC(C)(C)c1ccc(-c2noc(-c3ccccc3C(=O)N3CCOCC3)n2)cc1. The first-order valence-corrected chi connectivity index (χ1v) is 9.84. The predicted octanol–water partition coefficient (Wildman–Crippen LogP) is 4.17. The molecule has 0 aliphatic carbocycles. The zero-order chi connectivity index (χ0) is 20.4. The maximum Gasteiger partial charge on any atom is 0.259 e. The van der Waals surface area contributed by atoms with Crippen LogP contribution >= 0.6 is 0 Å². The van der Waals surface area contributed by atoms with Crippen molar-refractivity contribution in [1.82, 2.24) is 15.0 Å². The predicted molar refractivity (Wildman–Crippen MR) is 111 cm³/mol. The topological polar surface area (TPSA) is 68.5 Å². The highest BCUT2D eigenvalue weighted by atomic mass is 16.5. The summed E-state index contributed by atoms with van der Waals surface area (Å²) in [6.45, 7) is 8.82. The van der Waals surface area contributed by atoms with Gasteiger partial charge in [-0.05, 0) is 23.1 Å². The molecule has 0 radical (unpaired) electrons. The van der Waals surface area contributed by atoms with Crippen LogP contribution in [-0.4, -0.2) is 47.3 Å². The standard InChI is InChI=1S/C23H25N3O3/c1-23(2,3)17-10-8-16(9-11-17)20-24-21(29-25-20)18-6-4-5-7-19(18)22(27)26-12-14-28-15-13-26/h4-11H,12-15H2,1-3H3. The third-order valence-electron chi connectivity index (χ3n) is 5.12. The van der Waals surface area contributed by atoms with Crippen molar-refractivity contribution in [2.24, 2.45) is 0 Å². The summed E-state index contributed by atoms with van der Waals surface area (Å²) in [7, 11) is 0. The Hall–Kier alpha value is -2.99. The van der Waals surface area contributed by atoms with Crippen LogP contribution in [0.25, 0.3) is 22.8 Å². The lowest BCUT2D eigenvalue weighted by molar-refractivity contribution is 0.0303. The van der Waals surface area contributed by atoms with Gasteiger partial charge in [-0.25, -0.2) is 0 Å². The van der Waals surface area contributed by atoms with Crippen molar-refractivity contribution in [3.05, 3.63) is 59.7 Å². The summed E-state index contributed by atoms with van der Waals surface area (Å²) >= 11 is 0. The number of aromatic nitrogens is 2. The van der Waals surface area contributed by atoms with Gasteiger partial charge in [0.1, 0.15) is 0 Å². The molecular formula is C23H25N3O3. The molecule has 2 heterocycles. The van der Waals surface area contributed by atoms with Crippen molar-refractivity contribution in [2.75, 3.05) is 26.3 Å². The monoisotopic (exact) mass is 391 g/mol. The number of nitrogens with zero attached hydrogens (tertiary/aromatic N) is 3. The van der Waals surface area contributed by atoms with Gasteiger partial charge in [0.05, 0.1) is 24.3 Å². The fourth-order valence-corrected chi connectivity index (χ4v) is 3.36. The maximum atomic E-state index is 13.0. The molecule has 3 aromatic rings. The zero-order valence-corrected chi connectivity index (χ0v) is 17.0. The van der Waals surface area contributed by atoms with E-state index >= 15 is 0 Å². The third kappa shape index (κ3) is 4.07. The Labute approximate surface area is 170 Å². The van der Waals surface area contributed by atoms with Gasteiger partial charge in [0.15, 0.2) is 0 Å². The van der Waals surface area contributed by atoms with Crippen molar-refractivity contribution >= 4 is 5.91 Å². The number of hydrogen-bond donors (Lipinski definition) is 0. The highest BCUT2D eigenvalue weighted by molar-refractivity contribution is 6.00. The number of benzene rings is 2. The van der Waals surface area contributed by atoms with Crippen molar-refractivity contribution in [3.8, 4) is 22.8 Å². The van der Waals surface area contributed by atoms with E-state index in [0.29, 0.717) is 49.1 Å². The molecule has 1 aromatic heterocycles. The number of rotatable bonds is 3. The van der Waals surface area contributed by atoms with E-state index in [0.717, 1.165) is 5.56 Å². The molecule has 0 saturated carbocycles. The van der Waals surface area contributed by atoms with E-state index in [2.05, 4.69) is 43.0 Å². The van der Waals surface area contributed by atoms with Gasteiger partial charge in [-0.2, -0.15) is 4.98 Å². The minimum absolute atomic E-state index is 0.0434. The van der Waals surface area contributed by atoms with Gasteiger partial charge >= 0.3 is 0 Å². The van der Waals surface area contributed by atoms with E-state index in [9.17, 15) is 4.79 Å².